The maximum atomic E-state index is 9.69. The maximum Gasteiger partial charge on any atom is 0.125 e. The maximum absolute atomic E-state index is 9.69. The summed E-state index contributed by atoms with van der Waals surface area (Å²) in [7, 11) is 0. The smallest absolute Gasteiger partial charge is 0.125 e. The Morgan fingerprint density at radius 1 is 1.50 bits per heavy atom. The Kier molecular flexibility index (Phi) is 2.17. The van der Waals surface area contributed by atoms with Crippen molar-refractivity contribution in [2.45, 2.75) is 19.4 Å². The SMILES string of the molecule is CC(N)Cc1c[nH]c2cccc(O)c12. The number of H-pyrrole nitrogens is 1. The van der Waals surface area contributed by atoms with Gasteiger partial charge in [0.15, 0.2) is 0 Å². The van der Waals surface area contributed by atoms with Gasteiger partial charge < -0.3 is 15.8 Å². The van der Waals surface area contributed by atoms with E-state index >= 15 is 0 Å². The Balaban J connectivity index is 2.55. The number of benzene rings is 1. The average Bonchev–Trinajstić information content (AvgIpc) is 2.49. The van der Waals surface area contributed by atoms with E-state index in [1.165, 1.54) is 0 Å². The first-order valence-corrected chi connectivity index (χ1v) is 4.72. The molecule has 0 aliphatic heterocycles. The lowest BCUT2D eigenvalue weighted by Crippen LogP contribution is -2.17. The summed E-state index contributed by atoms with van der Waals surface area (Å²) in [4.78, 5) is 3.12. The molecule has 0 spiro atoms. The predicted molar refractivity (Wildman–Crippen MR) is 57.3 cm³/mol. The zero-order valence-electron chi connectivity index (χ0n) is 8.12. The highest BCUT2D eigenvalue weighted by atomic mass is 16.3. The van der Waals surface area contributed by atoms with Crippen molar-refractivity contribution in [2.75, 3.05) is 0 Å². The molecule has 0 aliphatic carbocycles. The van der Waals surface area contributed by atoms with Crippen LogP contribution in [0.5, 0.6) is 5.75 Å². The van der Waals surface area contributed by atoms with Gasteiger partial charge in [0.1, 0.15) is 5.75 Å². The van der Waals surface area contributed by atoms with E-state index < -0.39 is 0 Å². The Morgan fingerprint density at radius 2 is 2.29 bits per heavy atom. The standard InChI is InChI=1S/C11H14N2O/c1-7(12)5-8-6-13-9-3-2-4-10(14)11(8)9/h2-4,6-7,13-14H,5,12H2,1H3. The fourth-order valence-electron chi connectivity index (χ4n) is 1.74. The first-order chi connectivity index (χ1) is 6.68. The van der Waals surface area contributed by atoms with Crippen molar-refractivity contribution in [3.63, 3.8) is 0 Å². The summed E-state index contributed by atoms with van der Waals surface area (Å²) in [6.07, 6.45) is 2.69. The molecule has 2 aromatic rings. The molecule has 3 nitrogen and oxygen atoms in total. The van der Waals surface area contributed by atoms with E-state index in [-0.39, 0.29) is 6.04 Å². The zero-order chi connectivity index (χ0) is 10.1. The van der Waals surface area contributed by atoms with Gasteiger partial charge >= 0.3 is 0 Å². The van der Waals surface area contributed by atoms with Crippen LogP contribution in [0.4, 0.5) is 0 Å². The molecule has 3 heteroatoms. The number of rotatable bonds is 2. The summed E-state index contributed by atoms with van der Waals surface area (Å²) in [6, 6.07) is 5.57. The third-order valence-corrected chi connectivity index (χ3v) is 2.31. The van der Waals surface area contributed by atoms with E-state index in [0.717, 1.165) is 22.9 Å². The second kappa shape index (κ2) is 3.35. The molecular weight excluding hydrogens is 176 g/mol. The van der Waals surface area contributed by atoms with Gasteiger partial charge in [0.2, 0.25) is 0 Å². The lowest BCUT2D eigenvalue weighted by atomic mass is 10.1. The number of phenolic OH excluding ortho intramolecular Hbond substituents is 1. The van der Waals surface area contributed by atoms with Gasteiger partial charge in [-0.15, -0.1) is 0 Å². The quantitative estimate of drug-likeness (QED) is 0.675. The molecule has 1 heterocycles. The van der Waals surface area contributed by atoms with Crippen molar-refractivity contribution in [3.8, 4) is 5.75 Å². The van der Waals surface area contributed by atoms with Crippen LogP contribution in [0.25, 0.3) is 10.9 Å². The Morgan fingerprint density at radius 3 is 3.00 bits per heavy atom. The number of nitrogens with one attached hydrogen (secondary N) is 1. The van der Waals surface area contributed by atoms with Crippen LogP contribution in [-0.2, 0) is 6.42 Å². The second-order valence-electron chi connectivity index (χ2n) is 3.70. The largest absolute Gasteiger partial charge is 0.507 e. The Hall–Kier alpha value is -1.48. The van der Waals surface area contributed by atoms with Crippen molar-refractivity contribution >= 4 is 10.9 Å². The van der Waals surface area contributed by atoms with Gasteiger partial charge in [-0.1, -0.05) is 6.07 Å². The fourth-order valence-corrected chi connectivity index (χ4v) is 1.74. The number of aromatic amines is 1. The Bertz CT molecular complexity index is 445. The van der Waals surface area contributed by atoms with Crippen LogP contribution in [0.2, 0.25) is 0 Å². The van der Waals surface area contributed by atoms with Gasteiger partial charge in [-0.2, -0.15) is 0 Å². The van der Waals surface area contributed by atoms with Crippen LogP contribution < -0.4 is 5.73 Å². The van der Waals surface area contributed by atoms with Crippen molar-refractivity contribution in [1.29, 1.82) is 0 Å². The molecule has 1 aromatic heterocycles. The molecule has 1 aromatic carbocycles. The third kappa shape index (κ3) is 1.46. The fraction of sp³-hybridized carbons (Fsp3) is 0.273. The number of hydrogen-bond acceptors (Lipinski definition) is 2. The van der Waals surface area contributed by atoms with E-state index in [0.29, 0.717) is 5.75 Å². The summed E-state index contributed by atoms with van der Waals surface area (Å²) in [5.74, 6) is 0.319. The first kappa shape index (κ1) is 9.09. The normalized spacial score (nSPS) is 13.3. The van der Waals surface area contributed by atoms with Crippen LogP contribution in [0, 0.1) is 0 Å². The lowest BCUT2D eigenvalue weighted by molar-refractivity contribution is 0.481. The van der Waals surface area contributed by atoms with E-state index in [1.54, 1.807) is 6.07 Å². The van der Waals surface area contributed by atoms with Crippen LogP contribution >= 0.6 is 0 Å². The average molecular weight is 190 g/mol. The zero-order valence-corrected chi connectivity index (χ0v) is 8.12. The minimum absolute atomic E-state index is 0.105. The van der Waals surface area contributed by atoms with Crippen molar-refractivity contribution in [3.05, 3.63) is 30.0 Å². The van der Waals surface area contributed by atoms with E-state index in [9.17, 15) is 5.11 Å². The molecule has 1 atom stereocenters. The molecule has 74 valence electrons. The highest BCUT2D eigenvalue weighted by Gasteiger charge is 2.08. The van der Waals surface area contributed by atoms with Crippen molar-refractivity contribution in [2.24, 2.45) is 5.73 Å². The molecule has 0 radical (unpaired) electrons. The molecule has 0 bridgehead atoms. The first-order valence-electron chi connectivity index (χ1n) is 4.72. The molecule has 4 N–H and O–H groups in total. The van der Waals surface area contributed by atoms with Gasteiger partial charge in [0.05, 0.1) is 0 Å². The minimum atomic E-state index is 0.105. The molecule has 2 rings (SSSR count). The van der Waals surface area contributed by atoms with E-state index in [4.69, 9.17) is 5.73 Å². The third-order valence-electron chi connectivity index (χ3n) is 2.31. The summed E-state index contributed by atoms with van der Waals surface area (Å²) in [6.45, 7) is 1.96. The van der Waals surface area contributed by atoms with Crippen molar-refractivity contribution in [1.82, 2.24) is 4.98 Å². The number of aromatic nitrogens is 1. The monoisotopic (exact) mass is 190 g/mol. The molecule has 0 fully saturated rings. The molecule has 0 saturated carbocycles. The number of fused-ring (bicyclic) bond motifs is 1. The number of hydrogen-bond donors (Lipinski definition) is 3. The number of phenols is 1. The highest BCUT2D eigenvalue weighted by molar-refractivity contribution is 5.89. The van der Waals surface area contributed by atoms with Gasteiger partial charge in [-0.3, -0.25) is 0 Å². The molecule has 0 aliphatic rings. The minimum Gasteiger partial charge on any atom is -0.507 e. The van der Waals surface area contributed by atoms with Gasteiger partial charge in [-0.25, -0.2) is 0 Å². The number of nitrogens with two attached hydrogens (primary N) is 1. The predicted octanol–water partition coefficient (Wildman–Crippen LogP) is 1.76. The van der Waals surface area contributed by atoms with Gasteiger partial charge in [-0.05, 0) is 31.0 Å². The van der Waals surface area contributed by atoms with Crippen LogP contribution in [0.15, 0.2) is 24.4 Å². The topological polar surface area (TPSA) is 62.0 Å². The van der Waals surface area contributed by atoms with Crippen LogP contribution in [0.3, 0.4) is 0 Å². The highest BCUT2D eigenvalue weighted by Crippen LogP contribution is 2.27. The van der Waals surface area contributed by atoms with E-state index in [1.807, 2.05) is 25.3 Å². The van der Waals surface area contributed by atoms with E-state index in [2.05, 4.69) is 4.98 Å². The summed E-state index contributed by atoms with van der Waals surface area (Å²) in [5, 5.41) is 10.6. The van der Waals surface area contributed by atoms with Gasteiger partial charge in [0.25, 0.3) is 0 Å². The van der Waals surface area contributed by atoms with Crippen LogP contribution in [0.1, 0.15) is 12.5 Å². The molecule has 0 saturated heterocycles. The second-order valence-corrected chi connectivity index (χ2v) is 3.70. The van der Waals surface area contributed by atoms with Crippen molar-refractivity contribution < 1.29 is 5.11 Å². The molecule has 1 unspecified atom stereocenters. The summed E-state index contributed by atoms with van der Waals surface area (Å²) in [5.41, 5.74) is 7.77. The summed E-state index contributed by atoms with van der Waals surface area (Å²) < 4.78 is 0. The lowest BCUT2D eigenvalue weighted by Gasteiger charge is -2.03. The van der Waals surface area contributed by atoms with Gasteiger partial charge in [0, 0.05) is 23.1 Å². The van der Waals surface area contributed by atoms with Crippen LogP contribution in [-0.4, -0.2) is 16.1 Å². The molecule has 14 heavy (non-hydrogen) atoms. The molecule has 0 amide bonds. The number of aromatic hydroxyl groups is 1. The Labute approximate surface area is 82.6 Å². The molecular formula is C11H14N2O. The summed E-state index contributed by atoms with van der Waals surface area (Å²) >= 11 is 0.